The van der Waals surface area contributed by atoms with Crippen molar-refractivity contribution in [2.45, 2.75) is 19.4 Å². The predicted molar refractivity (Wildman–Crippen MR) is 65.6 cm³/mol. The normalized spacial score (nSPS) is 20.2. The fourth-order valence-electron chi connectivity index (χ4n) is 2.01. The van der Waals surface area contributed by atoms with E-state index in [0.29, 0.717) is 17.8 Å². The first-order valence-corrected chi connectivity index (χ1v) is 5.52. The molecular formula is C12H15N3O2. The molecule has 2 rings (SSSR count). The van der Waals surface area contributed by atoms with Crippen molar-refractivity contribution >= 4 is 23.3 Å². The minimum Gasteiger partial charge on any atom is -0.399 e. The summed E-state index contributed by atoms with van der Waals surface area (Å²) in [6, 6.07) is 6.06. The maximum absolute atomic E-state index is 12.1. The van der Waals surface area contributed by atoms with Gasteiger partial charge in [-0.15, -0.1) is 0 Å². The molecule has 1 aliphatic rings. The molecule has 1 aromatic rings. The third kappa shape index (κ3) is 1.73. The molecule has 0 aliphatic carbocycles. The molecule has 0 radical (unpaired) electrons. The van der Waals surface area contributed by atoms with Crippen LogP contribution >= 0.6 is 0 Å². The Morgan fingerprint density at radius 2 is 1.82 bits per heavy atom. The van der Waals surface area contributed by atoms with Crippen molar-refractivity contribution in [3.63, 3.8) is 0 Å². The fourth-order valence-corrected chi connectivity index (χ4v) is 2.01. The average molecular weight is 233 g/mol. The maximum Gasteiger partial charge on any atom is 0.331 e. The van der Waals surface area contributed by atoms with Gasteiger partial charge in [0.25, 0.3) is 5.91 Å². The maximum atomic E-state index is 12.1. The van der Waals surface area contributed by atoms with Crippen molar-refractivity contribution in [2.75, 3.05) is 17.7 Å². The lowest BCUT2D eigenvalue weighted by Gasteiger charge is -2.14. The summed E-state index contributed by atoms with van der Waals surface area (Å²) in [5.74, 6) is -0.176. The number of imide groups is 1. The van der Waals surface area contributed by atoms with Crippen LogP contribution in [0.1, 0.15) is 13.3 Å². The number of likely N-dealkylation sites (N-methyl/N-ethyl adjacent to an activating group) is 1. The van der Waals surface area contributed by atoms with Crippen LogP contribution in [0.25, 0.3) is 0 Å². The molecule has 17 heavy (non-hydrogen) atoms. The molecule has 0 bridgehead atoms. The van der Waals surface area contributed by atoms with Crippen LogP contribution in [0.4, 0.5) is 16.2 Å². The minimum atomic E-state index is -0.361. The number of hydrogen-bond donors (Lipinski definition) is 1. The lowest BCUT2D eigenvalue weighted by atomic mass is 10.2. The van der Waals surface area contributed by atoms with E-state index in [0.717, 1.165) is 0 Å². The van der Waals surface area contributed by atoms with E-state index in [4.69, 9.17) is 5.73 Å². The van der Waals surface area contributed by atoms with E-state index >= 15 is 0 Å². The first-order chi connectivity index (χ1) is 8.06. The van der Waals surface area contributed by atoms with Crippen LogP contribution in [0.15, 0.2) is 24.3 Å². The highest BCUT2D eigenvalue weighted by molar-refractivity contribution is 6.21. The number of carbonyl (C=O) groups is 2. The van der Waals surface area contributed by atoms with Crippen molar-refractivity contribution in [2.24, 2.45) is 0 Å². The van der Waals surface area contributed by atoms with Crippen LogP contribution in [0.3, 0.4) is 0 Å². The van der Waals surface area contributed by atoms with Crippen molar-refractivity contribution in [1.82, 2.24) is 4.90 Å². The lowest BCUT2D eigenvalue weighted by molar-refractivity contribution is -0.119. The van der Waals surface area contributed by atoms with Gasteiger partial charge in [-0.3, -0.25) is 4.79 Å². The van der Waals surface area contributed by atoms with Crippen molar-refractivity contribution in [1.29, 1.82) is 0 Å². The van der Waals surface area contributed by atoms with Gasteiger partial charge < -0.3 is 10.6 Å². The standard InChI is InChI=1S/C12H15N3O2/c1-3-10-11(16)15(12(17)14(10)2)9-6-4-8(13)5-7-9/h4-7,10H,3,13H2,1-2H3. The summed E-state index contributed by atoms with van der Waals surface area (Å²) in [6.45, 7) is 1.89. The van der Waals surface area contributed by atoms with Gasteiger partial charge in [-0.25, -0.2) is 9.69 Å². The van der Waals surface area contributed by atoms with E-state index in [1.165, 1.54) is 9.80 Å². The van der Waals surface area contributed by atoms with E-state index in [1.54, 1.807) is 31.3 Å². The summed E-state index contributed by atoms with van der Waals surface area (Å²) in [7, 11) is 1.64. The Bertz CT molecular complexity index is 455. The Balaban J connectivity index is 2.36. The molecule has 1 unspecified atom stereocenters. The zero-order chi connectivity index (χ0) is 12.6. The van der Waals surface area contributed by atoms with Gasteiger partial charge >= 0.3 is 6.03 Å². The number of nitrogens with two attached hydrogens (primary N) is 1. The number of nitrogens with zero attached hydrogens (tertiary/aromatic N) is 2. The topological polar surface area (TPSA) is 66.6 Å². The molecule has 1 atom stereocenters. The lowest BCUT2D eigenvalue weighted by Crippen LogP contribution is -2.31. The third-order valence-electron chi connectivity index (χ3n) is 3.00. The first-order valence-electron chi connectivity index (χ1n) is 5.52. The minimum absolute atomic E-state index is 0.176. The van der Waals surface area contributed by atoms with E-state index < -0.39 is 0 Å². The molecule has 1 heterocycles. The SMILES string of the molecule is CCC1C(=O)N(c2ccc(N)cc2)C(=O)N1C. The zero-order valence-electron chi connectivity index (χ0n) is 9.88. The number of hydrogen-bond acceptors (Lipinski definition) is 3. The molecule has 2 N–H and O–H groups in total. The number of anilines is 2. The Kier molecular flexibility index (Phi) is 2.75. The number of nitrogen functional groups attached to an aromatic ring is 1. The first kappa shape index (κ1) is 11.4. The van der Waals surface area contributed by atoms with Crippen LogP contribution in [-0.4, -0.2) is 29.9 Å². The highest BCUT2D eigenvalue weighted by Gasteiger charge is 2.42. The Labute approximate surface area is 99.8 Å². The van der Waals surface area contributed by atoms with E-state index in [9.17, 15) is 9.59 Å². The van der Waals surface area contributed by atoms with Crippen molar-refractivity contribution < 1.29 is 9.59 Å². The van der Waals surface area contributed by atoms with Gasteiger partial charge in [0.15, 0.2) is 0 Å². The number of amides is 3. The Morgan fingerprint density at radius 3 is 2.29 bits per heavy atom. The van der Waals surface area contributed by atoms with Crippen LogP contribution in [0.2, 0.25) is 0 Å². The second kappa shape index (κ2) is 4.08. The number of rotatable bonds is 2. The second-order valence-corrected chi connectivity index (χ2v) is 4.08. The van der Waals surface area contributed by atoms with Gasteiger partial charge in [-0.1, -0.05) is 6.92 Å². The molecule has 1 aromatic carbocycles. The molecule has 5 heteroatoms. The van der Waals surface area contributed by atoms with Crippen LogP contribution < -0.4 is 10.6 Å². The highest BCUT2D eigenvalue weighted by Crippen LogP contribution is 2.25. The third-order valence-corrected chi connectivity index (χ3v) is 3.00. The van der Waals surface area contributed by atoms with Gasteiger partial charge in [0.2, 0.25) is 0 Å². The highest BCUT2D eigenvalue weighted by atomic mass is 16.2. The van der Waals surface area contributed by atoms with Gasteiger partial charge in [0.1, 0.15) is 6.04 Å². The molecule has 3 amide bonds. The van der Waals surface area contributed by atoms with E-state index in [2.05, 4.69) is 0 Å². The smallest absolute Gasteiger partial charge is 0.331 e. The summed E-state index contributed by atoms with van der Waals surface area (Å²) in [4.78, 5) is 26.7. The summed E-state index contributed by atoms with van der Waals surface area (Å²) in [6.07, 6.45) is 0.618. The van der Waals surface area contributed by atoms with Crippen molar-refractivity contribution in [3.8, 4) is 0 Å². The van der Waals surface area contributed by atoms with Crippen LogP contribution in [0.5, 0.6) is 0 Å². The summed E-state index contributed by atoms with van der Waals surface area (Å²) in [5, 5.41) is 0. The molecule has 1 saturated heterocycles. The number of urea groups is 1. The van der Waals surface area contributed by atoms with E-state index in [1.807, 2.05) is 6.92 Å². The molecule has 0 spiro atoms. The van der Waals surface area contributed by atoms with E-state index in [-0.39, 0.29) is 18.0 Å². The monoisotopic (exact) mass is 233 g/mol. The van der Waals surface area contributed by atoms with Gasteiger partial charge in [0, 0.05) is 12.7 Å². The average Bonchev–Trinajstić information content (AvgIpc) is 2.52. The molecule has 90 valence electrons. The summed E-state index contributed by atoms with van der Waals surface area (Å²) < 4.78 is 0. The predicted octanol–water partition coefficient (Wildman–Crippen LogP) is 1.45. The van der Waals surface area contributed by atoms with Gasteiger partial charge in [-0.05, 0) is 30.7 Å². The fraction of sp³-hybridized carbons (Fsp3) is 0.333. The van der Waals surface area contributed by atoms with Gasteiger partial charge in [-0.2, -0.15) is 0 Å². The Hall–Kier alpha value is -2.04. The zero-order valence-corrected chi connectivity index (χ0v) is 9.88. The van der Waals surface area contributed by atoms with Crippen LogP contribution in [0, 0.1) is 0 Å². The molecule has 1 fully saturated rings. The Morgan fingerprint density at radius 1 is 1.24 bits per heavy atom. The number of carbonyl (C=O) groups excluding carboxylic acids is 2. The summed E-state index contributed by atoms with van der Waals surface area (Å²) in [5.41, 5.74) is 6.75. The molecule has 0 aromatic heterocycles. The van der Waals surface area contributed by atoms with Crippen molar-refractivity contribution in [3.05, 3.63) is 24.3 Å². The summed E-state index contributed by atoms with van der Waals surface area (Å²) >= 11 is 0. The molecular weight excluding hydrogens is 218 g/mol. The largest absolute Gasteiger partial charge is 0.399 e. The number of benzene rings is 1. The van der Waals surface area contributed by atoms with Gasteiger partial charge in [0.05, 0.1) is 5.69 Å². The molecule has 5 nitrogen and oxygen atoms in total. The molecule has 1 aliphatic heterocycles. The second-order valence-electron chi connectivity index (χ2n) is 4.08. The van der Waals surface area contributed by atoms with Crippen LogP contribution in [-0.2, 0) is 4.79 Å². The quantitative estimate of drug-likeness (QED) is 0.621. The molecule has 0 saturated carbocycles.